The summed E-state index contributed by atoms with van der Waals surface area (Å²) in [6.45, 7) is 0. The monoisotopic (exact) mass is 197 g/mol. The summed E-state index contributed by atoms with van der Waals surface area (Å²) < 4.78 is 4.34. The third-order valence-corrected chi connectivity index (χ3v) is 2.47. The van der Waals surface area contributed by atoms with Crippen molar-refractivity contribution in [2.45, 2.75) is 6.10 Å². The normalized spacial score (nSPS) is 11.8. The van der Waals surface area contributed by atoms with Gasteiger partial charge >= 0.3 is 5.97 Å². The average molecular weight is 197 g/mol. The standard InChI is InChI=1S/C8H7NO3S/c1-12-8(11)7(10)6-3-2-5(4-9)13-6/h2-3,7,10H,1H3. The highest BCUT2D eigenvalue weighted by Crippen LogP contribution is 2.23. The SMILES string of the molecule is COC(=O)C(O)c1ccc(C#N)s1. The molecule has 0 saturated heterocycles. The van der Waals surface area contributed by atoms with E-state index in [0.29, 0.717) is 9.75 Å². The van der Waals surface area contributed by atoms with Crippen molar-refractivity contribution in [2.75, 3.05) is 7.11 Å². The van der Waals surface area contributed by atoms with Crippen LogP contribution in [-0.4, -0.2) is 18.2 Å². The molecule has 1 unspecified atom stereocenters. The van der Waals surface area contributed by atoms with E-state index in [-0.39, 0.29) is 0 Å². The Balaban J connectivity index is 2.84. The van der Waals surface area contributed by atoms with Crippen molar-refractivity contribution in [1.82, 2.24) is 0 Å². The van der Waals surface area contributed by atoms with E-state index in [2.05, 4.69) is 4.74 Å². The quantitative estimate of drug-likeness (QED) is 0.713. The number of rotatable bonds is 2. The molecule has 13 heavy (non-hydrogen) atoms. The molecule has 0 radical (unpaired) electrons. The predicted octanol–water partition coefficient (Wildman–Crippen LogP) is 0.826. The molecule has 0 fully saturated rings. The molecule has 0 aliphatic heterocycles. The molecule has 68 valence electrons. The minimum atomic E-state index is -1.28. The van der Waals surface area contributed by atoms with Crippen molar-refractivity contribution >= 4 is 17.3 Å². The van der Waals surface area contributed by atoms with Gasteiger partial charge in [-0.2, -0.15) is 5.26 Å². The molecule has 0 amide bonds. The molecule has 0 aromatic carbocycles. The molecule has 1 N–H and O–H groups in total. The second kappa shape index (κ2) is 4.03. The molecule has 0 bridgehead atoms. The van der Waals surface area contributed by atoms with E-state index < -0.39 is 12.1 Å². The number of nitrogens with zero attached hydrogens (tertiary/aromatic N) is 1. The Morgan fingerprint density at radius 3 is 2.92 bits per heavy atom. The molecule has 1 heterocycles. The number of aliphatic hydroxyl groups excluding tert-OH is 1. The largest absolute Gasteiger partial charge is 0.467 e. The highest BCUT2D eigenvalue weighted by Gasteiger charge is 2.19. The van der Waals surface area contributed by atoms with E-state index >= 15 is 0 Å². The lowest BCUT2D eigenvalue weighted by Crippen LogP contribution is -2.11. The van der Waals surface area contributed by atoms with Gasteiger partial charge in [0.25, 0.3) is 0 Å². The van der Waals surface area contributed by atoms with Crippen molar-refractivity contribution in [3.05, 3.63) is 21.9 Å². The molecule has 1 aromatic heterocycles. The van der Waals surface area contributed by atoms with Crippen LogP contribution in [-0.2, 0) is 9.53 Å². The lowest BCUT2D eigenvalue weighted by atomic mass is 10.3. The Hall–Kier alpha value is -1.38. The number of methoxy groups -OCH3 is 1. The zero-order valence-corrected chi connectivity index (χ0v) is 7.67. The van der Waals surface area contributed by atoms with Gasteiger partial charge in [-0.05, 0) is 12.1 Å². The summed E-state index contributed by atoms with van der Waals surface area (Å²) in [5.74, 6) is -0.716. The molecule has 4 nitrogen and oxygen atoms in total. The van der Waals surface area contributed by atoms with Crippen molar-refractivity contribution < 1.29 is 14.6 Å². The summed E-state index contributed by atoms with van der Waals surface area (Å²) >= 11 is 1.07. The number of esters is 1. The second-order valence-corrected chi connectivity index (χ2v) is 3.35. The van der Waals surface area contributed by atoms with Gasteiger partial charge in [0.05, 0.1) is 7.11 Å². The fraction of sp³-hybridized carbons (Fsp3) is 0.250. The molecule has 1 atom stereocenters. The molecule has 5 heteroatoms. The first-order valence-corrected chi connectivity index (χ1v) is 4.26. The Bertz CT molecular complexity index is 353. The summed E-state index contributed by atoms with van der Waals surface area (Å²) in [5, 5.41) is 17.8. The Morgan fingerprint density at radius 1 is 1.77 bits per heavy atom. The maximum atomic E-state index is 10.9. The lowest BCUT2D eigenvalue weighted by Gasteiger charge is -2.03. The fourth-order valence-corrected chi connectivity index (χ4v) is 1.57. The molecule has 0 spiro atoms. The zero-order valence-electron chi connectivity index (χ0n) is 6.85. The summed E-state index contributed by atoms with van der Waals surface area (Å²) in [5.41, 5.74) is 0. The van der Waals surface area contributed by atoms with Crippen LogP contribution in [0.5, 0.6) is 0 Å². The van der Waals surface area contributed by atoms with Crippen molar-refractivity contribution in [2.24, 2.45) is 0 Å². The van der Waals surface area contributed by atoms with E-state index in [0.717, 1.165) is 11.3 Å². The number of thiophene rings is 1. The third kappa shape index (κ3) is 2.05. The van der Waals surface area contributed by atoms with Gasteiger partial charge in [-0.1, -0.05) is 0 Å². The van der Waals surface area contributed by atoms with Gasteiger partial charge < -0.3 is 9.84 Å². The molecule has 1 aromatic rings. The van der Waals surface area contributed by atoms with Crippen LogP contribution in [0.25, 0.3) is 0 Å². The maximum absolute atomic E-state index is 10.9. The maximum Gasteiger partial charge on any atom is 0.340 e. The van der Waals surface area contributed by atoms with E-state index in [9.17, 15) is 9.90 Å². The number of nitriles is 1. The second-order valence-electron chi connectivity index (χ2n) is 2.24. The molecule has 1 rings (SSSR count). The Morgan fingerprint density at radius 2 is 2.46 bits per heavy atom. The number of carbonyl (C=O) groups is 1. The fourth-order valence-electron chi connectivity index (χ4n) is 0.788. The molecular weight excluding hydrogens is 190 g/mol. The van der Waals surface area contributed by atoms with Crippen molar-refractivity contribution in [3.8, 4) is 6.07 Å². The summed E-state index contributed by atoms with van der Waals surface area (Å²) in [7, 11) is 1.20. The van der Waals surface area contributed by atoms with Crippen LogP contribution in [0.4, 0.5) is 0 Å². The van der Waals surface area contributed by atoms with Gasteiger partial charge in [-0.25, -0.2) is 4.79 Å². The van der Waals surface area contributed by atoms with Crippen LogP contribution in [0, 0.1) is 11.3 Å². The van der Waals surface area contributed by atoms with E-state index in [1.54, 1.807) is 6.07 Å². The number of carbonyl (C=O) groups excluding carboxylic acids is 1. The topological polar surface area (TPSA) is 70.3 Å². The Labute approximate surface area is 79.0 Å². The van der Waals surface area contributed by atoms with Gasteiger partial charge in [-0.3, -0.25) is 0 Å². The van der Waals surface area contributed by atoms with E-state index in [1.807, 2.05) is 6.07 Å². The van der Waals surface area contributed by atoms with Crippen LogP contribution >= 0.6 is 11.3 Å². The first-order valence-electron chi connectivity index (χ1n) is 3.44. The smallest absolute Gasteiger partial charge is 0.340 e. The van der Waals surface area contributed by atoms with Gasteiger partial charge in [0.15, 0.2) is 6.10 Å². The van der Waals surface area contributed by atoms with Gasteiger partial charge in [0, 0.05) is 4.88 Å². The van der Waals surface area contributed by atoms with Crippen LogP contribution < -0.4 is 0 Å². The van der Waals surface area contributed by atoms with Gasteiger partial charge in [0.1, 0.15) is 10.9 Å². The number of aliphatic hydroxyl groups is 1. The molecular formula is C8H7NO3S. The minimum absolute atomic E-state index is 0.420. The first-order chi connectivity index (χ1) is 6.19. The summed E-state index contributed by atoms with van der Waals surface area (Å²) in [6, 6.07) is 4.99. The van der Waals surface area contributed by atoms with Crippen molar-refractivity contribution in [3.63, 3.8) is 0 Å². The first kappa shape index (κ1) is 9.71. The van der Waals surface area contributed by atoms with Crippen LogP contribution in [0.1, 0.15) is 15.9 Å². The number of hydrogen-bond acceptors (Lipinski definition) is 5. The zero-order chi connectivity index (χ0) is 9.84. The third-order valence-electron chi connectivity index (χ3n) is 1.43. The number of ether oxygens (including phenoxy) is 1. The highest BCUT2D eigenvalue weighted by atomic mass is 32.1. The average Bonchev–Trinajstić information content (AvgIpc) is 2.63. The molecule has 0 aliphatic carbocycles. The van der Waals surface area contributed by atoms with E-state index in [4.69, 9.17) is 5.26 Å². The predicted molar refractivity (Wildman–Crippen MR) is 46.0 cm³/mol. The summed E-state index contributed by atoms with van der Waals surface area (Å²) in [4.78, 5) is 11.7. The lowest BCUT2D eigenvalue weighted by molar-refractivity contribution is -0.150. The van der Waals surface area contributed by atoms with Crippen LogP contribution in [0.15, 0.2) is 12.1 Å². The van der Waals surface area contributed by atoms with E-state index in [1.165, 1.54) is 13.2 Å². The van der Waals surface area contributed by atoms with Crippen molar-refractivity contribution in [1.29, 1.82) is 5.26 Å². The highest BCUT2D eigenvalue weighted by molar-refractivity contribution is 7.12. The van der Waals surface area contributed by atoms with Gasteiger partial charge in [-0.15, -0.1) is 11.3 Å². The van der Waals surface area contributed by atoms with Crippen LogP contribution in [0.3, 0.4) is 0 Å². The molecule has 0 aliphatic rings. The molecule has 0 saturated carbocycles. The Kier molecular flexibility index (Phi) is 3.01. The minimum Gasteiger partial charge on any atom is -0.467 e. The van der Waals surface area contributed by atoms with Crippen LogP contribution in [0.2, 0.25) is 0 Å². The number of hydrogen-bond donors (Lipinski definition) is 1. The summed E-state index contributed by atoms with van der Waals surface area (Å²) in [6.07, 6.45) is -1.28. The van der Waals surface area contributed by atoms with Gasteiger partial charge in [0.2, 0.25) is 0 Å².